The van der Waals surface area contributed by atoms with Crippen molar-refractivity contribution in [3.8, 4) is 10.4 Å². The number of aryl methyl sites for hydroxylation is 1. The molecule has 0 radical (unpaired) electrons. The van der Waals surface area contributed by atoms with Gasteiger partial charge in [0.05, 0.1) is 21.0 Å². The van der Waals surface area contributed by atoms with Gasteiger partial charge in [-0.05, 0) is 61.1 Å². The number of hydrogen-bond acceptors (Lipinski definition) is 8. The Bertz CT molecular complexity index is 1560. The standard InChI is InChI=1S/C27H29N5O4S2/c1-16-25(37-27(28-16)30-21-5-3-6-22(29-21)32-11-4-7-23(32)33)18-13-19-15-31(12-10-17-8-9-17)26(34)24(19)20(14-18)38(2,35)36/h3,5-6,13-14,17H,4,7-12,15H2,1-2H3,(H,28,29,30). The highest BCUT2D eigenvalue weighted by Gasteiger charge is 2.35. The van der Waals surface area contributed by atoms with E-state index >= 15 is 0 Å². The first-order chi connectivity index (χ1) is 18.2. The zero-order chi connectivity index (χ0) is 26.6. The van der Waals surface area contributed by atoms with Crippen molar-refractivity contribution in [3.05, 3.63) is 47.2 Å². The van der Waals surface area contributed by atoms with Gasteiger partial charge in [-0.3, -0.25) is 14.5 Å². The summed E-state index contributed by atoms with van der Waals surface area (Å²) >= 11 is 1.40. The van der Waals surface area contributed by atoms with Gasteiger partial charge in [0, 0.05) is 32.3 Å². The molecule has 198 valence electrons. The van der Waals surface area contributed by atoms with Crippen LogP contribution in [0.25, 0.3) is 10.4 Å². The number of thiazole rings is 1. The highest BCUT2D eigenvalue weighted by molar-refractivity contribution is 7.90. The van der Waals surface area contributed by atoms with Gasteiger partial charge in [0.1, 0.15) is 11.6 Å². The Morgan fingerprint density at radius 2 is 1.97 bits per heavy atom. The second kappa shape index (κ2) is 9.46. The molecule has 2 fully saturated rings. The summed E-state index contributed by atoms with van der Waals surface area (Å²) in [5.41, 5.74) is 2.53. The molecule has 2 amide bonds. The number of carbonyl (C=O) groups is 2. The largest absolute Gasteiger partial charge is 0.334 e. The lowest BCUT2D eigenvalue weighted by Crippen LogP contribution is -2.26. The van der Waals surface area contributed by atoms with Crippen molar-refractivity contribution in [2.24, 2.45) is 5.92 Å². The summed E-state index contributed by atoms with van der Waals surface area (Å²) in [6, 6.07) is 9.03. The highest BCUT2D eigenvalue weighted by Crippen LogP contribution is 2.40. The Hall–Kier alpha value is -3.31. The van der Waals surface area contributed by atoms with Crippen LogP contribution in [0.15, 0.2) is 35.2 Å². The molecule has 1 N–H and O–H groups in total. The van der Waals surface area contributed by atoms with Gasteiger partial charge in [-0.25, -0.2) is 18.4 Å². The van der Waals surface area contributed by atoms with Crippen LogP contribution in [0.1, 0.15) is 53.7 Å². The Kier molecular flexibility index (Phi) is 6.22. The zero-order valence-corrected chi connectivity index (χ0v) is 23.0. The number of fused-ring (bicyclic) bond motifs is 1. The summed E-state index contributed by atoms with van der Waals surface area (Å²) in [6.07, 6.45) is 5.91. The first-order valence-corrected chi connectivity index (χ1v) is 15.6. The van der Waals surface area contributed by atoms with Gasteiger partial charge in [0.25, 0.3) is 5.91 Å². The Labute approximate surface area is 225 Å². The van der Waals surface area contributed by atoms with E-state index in [0.717, 1.165) is 40.8 Å². The number of aromatic nitrogens is 2. The third-order valence-corrected chi connectivity index (χ3v) is 9.57. The molecule has 4 heterocycles. The third kappa shape index (κ3) is 4.80. The minimum atomic E-state index is -3.63. The number of pyridine rings is 1. The molecule has 3 aromatic rings. The van der Waals surface area contributed by atoms with Crippen molar-refractivity contribution >= 4 is 49.8 Å². The van der Waals surface area contributed by atoms with Crippen LogP contribution in [-0.2, 0) is 21.2 Å². The Balaban J connectivity index is 1.30. The number of rotatable bonds is 8. The Morgan fingerprint density at radius 3 is 2.68 bits per heavy atom. The van der Waals surface area contributed by atoms with Gasteiger partial charge in [-0.15, -0.1) is 0 Å². The molecule has 38 heavy (non-hydrogen) atoms. The van der Waals surface area contributed by atoms with Crippen molar-refractivity contribution in [2.75, 3.05) is 29.6 Å². The average molecular weight is 552 g/mol. The molecule has 2 aromatic heterocycles. The van der Waals surface area contributed by atoms with Crippen molar-refractivity contribution in [1.29, 1.82) is 0 Å². The van der Waals surface area contributed by atoms with E-state index in [9.17, 15) is 18.0 Å². The quantitative estimate of drug-likeness (QED) is 0.437. The first kappa shape index (κ1) is 25.0. The van der Waals surface area contributed by atoms with Gasteiger partial charge >= 0.3 is 0 Å². The smallest absolute Gasteiger partial charge is 0.255 e. The molecule has 11 heteroatoms. The molecule has 1 saturated carbocycles. The number of anilines is 3. The third-order valence-electron chi connectivity index (χ3n) is 7.33. The molecule has 1 aliphatic carbocycles. The lowest BCUT2D eigenvalue weighted by atomic mass is 10.0. The minimum absolute atomic E-state index is 0.0740. The molecule has 6 rings (SSSR count). The lowest BCUT2D eigenvalue weighted by Gasteiger charge is -2.15. The fourth-order valence-corrected chi connectivity index (χ4v) is 7.08. The number of carbonyl (C=O) groups excluding carboxylic acids is 2. The van der Waals surface area contributed by atoms with Crippen molar-refractivity contribution in [3.63, 3.8) is 0 Å². The summed E-state index contributed by atoms with van der Waals surface area (Å²) < 4.78 is 25.5. The normalized spacial score (nSPS) is 17.4. The second-order valence-electron chi connectivity index (χ2n) is 10.3. The van der Waals surface area contributed by atoms with E-state index in [1.54, 1.807) is 15.9 Å². The predicted octanol–water partition coefficient (Wildman–Crippen LogP) is 4.54. The predicted molar refractivity (Wildman–Crippen MR) is 147 cm³/mol. The lowest BCUT2D eigenvalue weighted by molar-refractivity contribution is -0.117. The molecular formula is C27H29N5O4S2. The molecule has 0 unspecified atom stereocenters. The second-order valence-corrected chi connectivity index (χ2v) is 13.3. The summed E-state index contributed by atoms with van der Waals surface area (Å²) in [5, 5.41) is 3.85. The number of nitrogens with one attached hydrogen (secondary N) is 1. The fourth-order valence-electron chi connectivity index (χ4n) is 5.19. The van der Waals surface area contributed by atoms with Crippen LogP contribution >= 0.6 is 11.3 Å². The fraction of sp³-hybridized carbons (Fsp3) is 0.407. The molecule has 1 aromatic carbocycles. The molecule has 3 aliphatic rings. The summed E-state index contributed by atoms with van der Waals surface area (Å²) in [7, 11) is -3.63. The summed E-state index contributed by atoms with van der Waals surface area (Å²) in [6.45, 7) is 3.62. The Morgan fingerprint density at radius 1 is 1.16 bits per heavy atom. The van der Waals surface area contributed by atoms with Crippen LogP contribution in [0.3, 0.4) is 0 Å². The molecule has 1 saturated heterocycles. The van der Waals surface area contributed by atoms with E-state index in [0.29, 0.717) is 54.3 Å². The molecule has 2 aliphatic heterocycles. The van der Waals surface area contributed by atoms with E-state index in [1.807, 2.05) is 31.2 Å². The van der Waals surface area contributed by atoms with Crippen LogP contribution in [0.2, 0.25) is 0 Å². The van der Waals surface area contributed by atoms with Gasteiger partial charge in [-0.1, -0.05) is 30.2 Å². The van der Waals surface area contributed by atoms with Gasteiger partial charge < -0.3 is 10.2 Å². The van der Waals surface area contributed by atoms with E-state index in [-0.39, 0.29) is 16.7 Å². The minimum Gasteiger partial charge on any atom is -0.334 e. The molecule has 0 atom stereocenters. The monoisotopic (exact) mass is 551 g/mol. The number of hydrogen-bond donors (Lipinski definition) is 1. The number of amides is 2. The van der Waals surface area contributed by atoms with Crippen LogP contribution in [-0.4, -0.2) is 54.4 Å². The van der Waals surface area contributed by atoms with Crippen molar-refractivity contribution in [2.45, 2.75) is 50.5 Å². The van der Waals surface area contributed by atoms with Crippen LogP contribution in [0.4, 0.5) is 16.8 Å². The van der Waals surface area contributed by atoms with Crippen LogP contribution in [0, 0.1) is 12.8 Å². The number of nitrogens with zero attached hydrogens (tertiary/aromatic N) is 4. The average Bonchev–Trinajstić information content (AvgIpc) is 3.36. The van der Waals surface area contributed by atoms with E-state index in [2.05, 4.69) is 15.3 Å². The molecule has 0 bridgehead atoms. The van der Waals surface area contributed by atoms with Crippen molar-refractivity contribution in [1.82, 2.24) is 14.9 Å². The number of benzene rings is 1. The first-order valence-electron chi connectivity index (χ1n) is 12.9. The molecular weight excluding hydrogens is 522 g/mol. The van der Waals surface area contributed by atoms with Crippen molar-refractivity contribution < 1.29 is 18.0 Å². The topological polar surface area (TPSA) is 113 Å². The zero-order valence-electron chi connectivity index (χ0n) is 21.4. The summed E-state index contributed by atoms with van der Waals surface area (Å²) in [5.74, 6) is 1.75. The SMILES string of the molecule is Cc1nc(Nc2cccc(N3CCCC3=O)n2)sc1-c1cc2c(c(S(C)(=O)=O)c1)C(=O)N(CCC1CC1)C2. The van der Waals surface area contributed by atoms with E-state index in [4.69, 9.17) is 0 Å². The summed E-state index contributed by atoms with van der Waals surface area (Å²) in [4.78, 5) is 38.9. The maximum Gasteiger partial charge on any atom is 0.255 e. The maximum atomic E-state index is 13.2. The molecule has 0 spiro atoms. The van der Waals surface area contributed by atoms with Crippen LogP contribution < -0.4 is 10.2 Å². The van der Waals surface area contributed by atoms with Gasteiger partial charge in [0.2, 0.25) is 5.91 Å². The van der Waals surface area contributed by atoms with Gasteiger partial charge in [-0.2, -0.15) is 0 Å². The maximum absolute atomic E-state index is 13.2. The van der Waals surface area contributed by atoms with E-state index < -0.39 is 9.84 Å². The molecule has 9 nitrogen and oxygen atoms in total. The highest BCUT2D eigenvalue weighted by atomic mass is 32.2. The van der Waals surface area contributed by atoms with E-state index in [1.165, 1.54) is 24.2 Å². The number of sulfone groups is 1. The van der Waals surface area contributed by atoms with Gasteiger partial charge in [0.15, 0.2) is 15.0 Å². The van der Waals surface area contributed by atoms with Crippen LogP contribution in [0.5, 0.6) is 0 Å².